The van der Waals surface area contributed by atoms with Crippen molar-refractivity contribution in [1.29, 1.82) is 0 Å². The number of carbonyl (C=O) groups is 1. The number of halogens is 2. The van der Waals surface area contributed by atoms with Crippen LogP contribution >= 0.6 is 0 Å². The lowest BCUT2D eigenvalue weighted by atomic mass is 9.78. The maximum atomic E-state index is 13.4. The van der Waals surface area contributed by atoms with E-state index in [1.165, 1.54) is 13.8 Å². The molecule has 1 N–H and O–H groups in total. The van der Waals surface area contributed by atoms with Gasteiger partial charge in [-0.3, -0.25) is 4.79 Å². The van der Waals surface area contributed by atoms with Gasteiger partial charge in [-0.25, -0.2) is 17.2 Å². The number of hydrogen-bond acceptors (Lipinski definition) is 3. The van der Waals surface area contributed by atoms with E-state index in [9.17, 15) is 22.0 Å². The minimum atomic E-state index is -3.50. The van der Waals surface area contributed by atoms with Gasteiger partial charge in [0.2, 0.25) is 0 Å². The van der Waals surface area contributed by atoms with Crippen LogP contribution in [0.15, 0.2) is 0 Å². The maximum Gasteiger partial charge on any atom is 0.316 e. The summed E-state index contributed by atoms with van der Waals surface area (Å²) in [4.78, 5) is 11.1. The summed E-state index contributed by atoms with van der Waals surface area (Å²) in [5, 5.41) is 9.03. The molecule has 1 heterocycles. The molecule has 0 aromatic heterocycles. The molecular weight excluding hydrogens is 254 g/mol. The van der Waals surface area contributed by atoms with Gasteiger partial charge in [-0.2, -0.15) is 0 Å². The largest absolute Gasteiger partial charge is 0.481 e. The van der Waals surface area contributed by atoms with Crippen LogP contribution in [0.5, 0.6) is 0 Å². The van der Waals surface area contributed by atoms with Gasteiger partial charge in [0.1, 0.15) is 5.41 Å². The molecule has 0 amide bonds. The summed E-state index contributed by atoms with van der Waals surface area (Å²) in [6.45, 7) is 2.69. The van der Waals surface area contributed by atoms with Crippen LogP contribution in [0, 0.1) is 11.3 Å². The second-order valence-corrected chi connectivity index (χ2v) is 8.11. The summed E-state index contributed by atoms with van der Waals surface area (Å²) in [5.41, 5.74) is -2.18. The average molecular weight is 268 g/mol. The Morgan fingerprint density at radius 3 is 2.06 bits per heavy atom. The highest BCUT2D eigenvalue weighted by atomic mass is 32.2. The zero-order valence-electron chi connectivity index (χ0n) is 9.53. The van der Waals surface area contributed by atoms with Crippen molar-refractivity contribution < 1.29 is 27.1 Å². The first-order valence-corrected chi connectivity index (χ1v) is 6.98. The Balaban J connectivity index is 2.47. The van der Waals surface area contributed by atoms with E-state index < -0.39 is 44.2 Å². The lowest BCUT2D eigenvalue weighted by Gasteiger charge is -2.30. The van der Waals surface area contributed by atoms with Crippen LogP contribution in [0.4, 0.5) is 8.78 Å². The second kappa shape index (κ2) is 2.99. The molecular formula is C10H14F2O4S. The van der Waals surface area contributed by atoms with Gasteiger partial charge in [0.25, 0.3) is 5.92 Å². The van der Waals surface area contributed by atoms with Crippen LogP contribution < -0.4 is 0 Å². The van der Waals surface area contributed by atoms with Crippen LogP contribution in [0.1, 0.15) is 26.7 Å². The van der Waals surface area contributed by atoms with Crippen molar-refractivity contribution >= 4 is 15.8 Å². The number of aliphatic carboxylic acids is 1. The molecule has 2 rings (SSSR count). The molecule has 7 heteroatoms. The van der Waals surface area contributed by atoms with Gasteiger partial charge in [-0.05, 0) is 20.3 Å². The average Bonchev–Trinajstić information content (AvgIpc) is 2.61. The second-order valence-electron chi connectivity index (χ2n) is 5.42. The van der Waals surface area contributed by atoms with Gasteiger partial charge in [-0.1, -0.05) is 0 Å². The summed E-state index contributed by atoms with van der Waals surface area (Å²) in [6.07, 6.45) is -0.754. The molecule has 1 saturated heterocycles. The van der Waals surface area contributed by atoms with Crippen molar-refractivity contribution in [2.24, 2.45) is 11.3 Å². The minimum Gasteiger partial charge on any atom is -0.481 e. The first-order chi connectivity index (χ1) is 7.49. The van der Waals surface area contributed by atoms with Gasteiger partial charge in [0.15, 0.2) is 9.84 Å². The molecule has 2 unspecified atom stereocenters. The molecule has 0 spiro atoms. The van der Waals surface area contributed by atoms with E-state index in [4.69, 9.17) is 5.11 Å². The molecule has 17 heavy (non-hydrogen) atoms. The molecule has 98 valence electrons. The van der Waals surface area contributed by atoms with Crippen LogP contribution in [0.25, 0.3) is 0 Å². The predicted molar refractivity (Wildman–Crippen MR) is 55.6 cm³/mol. The first kappa shape index (κ1) is 12.7. The van der Waals surface area contributed by atoms with Gasteiger partial charge in [-0.15, -0.1) is 0 Å². The van der Waals surface area contributed by atoms with E-state index in [1.54, 1.807) is 0 Å². The molecule has 2 fully saturated rings. The standard InChI is InChI=1S/C10H14F2O4S/c1-8(2)6(3-4-17(8,15)16)9(7(13)14)5-10(9,11)12/h6H,3-5H2,1-2H3,(H,13,14). The zero-order chi connectivity index (χ0) is 13.3. The number of rotatable bonds is 2. The fourth-order valence-corrected chi connectivity index (χ4v) is 4.83. The molecule has 1 aliphatic heterocycles. The third-order valence-corrected chi connectivity index (χ3v) is 6.98. The fraction of sp³-hybridized carbons (Fsp3) is 0.900. The fourth-order valence-electron chi connectivity index (χ4n) is 3.01. The predicted octanol–water partition coefficient (Wildman–Crippen LogP) is 1.31. The van der Waals surface area contributed by atoms with Crippen molar-refractivity contribution in [2.45, 2.75) is 37.4 Å². The van der Waals surface area contributed by atoms with E-state index in [1.807, 2.05) is 0 Å². The van der Waals surface area contributed by atoms with Crippen LogP contribution in [0.3, 0.4) is 0 Å². The number of carboxylic acids is 1. The first-order valence-electron chi connectivity index (χ1n) is 5.32. The normalized spacial score (nSPS) is 41.1. The highest BCUT2D eigenvalue weighted by Gasteiger charge is 2.82. The lowest BCUT2D eigenvalue weighted by Crippen LogP contribution is -2.43. The highest BCUT2D eigenvalue weighted by molar-refractivity contribution is 7.93. The minimum absolute atomic E-state index is 0.00275. The maximum absolute atomic E-state index is 13.4. The van der Waals surface area contributed by atoms with E-state index in [0.717, 1.165) is 0 Å². The summed E-state index contributed by atoms with van der Waals surface area (Å²) in [7, 11) is -3.50. The van der Waals surface area contributed by atoms with Crippen LogP contribution in [-0.2, 0) is 14.6 Å². The number of carboxylic acid groups (broad SMARTS) is 1. The zero-order valence-corrected chi connectivity index (χ0v) is 10.4. The Morgan fingerprint density at radius 1 is 1.35 bits per heavy atom. The molecule has 0 aromatic rings. The summed E-state index contributed by atoms with van der Waals surface area (Å²) < 4.78 is 48.9. The van der Waals surface area contributed by atoms with Crippen molar-refractivity contribution in [3.8, 4) is 0 Å². The van der Waals surface area contributed by atoms with Gasteiger partial charge in [0.05, 0.1) is 10.5 Å². The number of alkyl halides is 2. The molecule has 2 aliphatic rings. The summed E-state index contributed by atoms with van der Waals surface area (Å²) in [5.74, 6) is -6.11. The Kier molecular flexibility index (Phi) is 2.24. The quantitative estimate of drug-likeness (QED) is 0.819. The molecule has 0 bridgehead atoms. The number of hydrogen-bond donors (Lipinski definition) is 1. The summed E-state index contributed by atoms with van der Waals surface area (Å²) in [6, 6.07) is 0. The Morgan fingerprint density at radius 2 is 1.82 bits per heavy atom. The Hall–Kier alpha value is -0.720. The molecule has 4 nitrogen and oxygen atoms in total. The van der Waals surface area contributed by atoms with E-state index >= 15 is 0 Å². The summed E-state index contributed by atoms with van der Waals surface area (Å²) >= 11 is 0. The van der Waals surface area contributed by atoms with Crippen LogP contribution in [-0.4, -0.2) is 35.9 Å². The van der Waals surface area contributed by atoms with Crippen molar-refractivity contribution in [2.75, 3.05) is 5.75 Å². The Labute approximate surface area is 97.9 Å². The van der Waals surface area contributed by atoms with Crippen molar-refractivity contribution in [1.82, 2.24) is 0 Å². The third kappa shape index (κ3) is 1.31. The number of sulfone groups is 1. The van der Waals surface area contributed by atoms with E-state index in [2.05, 4.69) is 0 Å². The van der Waals surface area contributed by atoms with Crippen LogP contribution in [0.2, 0.25) is 0 Å². The smallest absolute Gasteiger partial charge is 0.316 e. The molecule has 0 aromatic carbocycles. The highest BCUT2D eigenvalue weighted by Crippen LogP contribution is 2.69. The molecule has 1 aliphatic carbocycles. The van der Waals surface area contributed by atoms with Gasteiger partial charge < -0.3 is 5.11 Å². The lowest BCUT2D eigenvalue weighted by molar-refractivity contribution is -0.151. The topological polar surface area (TPSA) is 71.4 Å². The molecule has 1 saturated carbocycles. The monoisotopic (exact) mass is 268 g/mol. The molecule has 2 atom stereocenters. The van der Waals surface area contributed by atoms with Crippen molar-refractivity contribution in [3.63, 3.8) is 0 Å². The molecule has 0 radical (unpaired) electrons. The van der Waals surface area contributed by atoms with Gasteiger partial charge in [0, 0.05) is 12.3 Å². The van der Waals surface area contributed by atoms with Gasteiger partial charge >= 0.3 is 5.97 Å². The Bertz CT molecular complexity index is 483. The van der Waals surface area contributed by atoms with Crippen molar-refractivity contribution in [3.05, 3.63) is 0 Å². The van der Waals surface area contributed by atoms with E-state index in [-0.39, 0.29) is 12.2 Å². The third-order valence-electron chi connectivity index (χ3n) is 4.32. The SMILES string of the molecule is CC1(C)C(C2(C(=O)O)CC2(F)F)CCS1(=O)=O. The van der Waals surface area contributed by atoms with E-state index in [0.29, 0.717) is 0 Å².